The van der Waals surface area contributed by atoms with Crippen molar-refractivity contribution in [1.82, 2.24) is 14.6 Å². The zero-order valence-corrected chi connectivity index (χ0v) is 10.5. The van der Waals surface area contributed by atoms with E-state index >= 15 is 0 Å². The molecule has 1 N–H and O–H groups in total. The monoisotopic (exact) mass is 268 g/mol. The lowest BCUT2D eigenvalue weighted by Gasteiger charge is -2.04. The van der Waals surface area contributed by atoms with Gasteiger partial charge in [-0.2, -0.15) is 0 Å². The Hall–Kier alpha value is -1.53. The molecule has 0 aliphatic heterocycles. The maximum absolute atomic E-state index is 11.9. The highest BCUT2D eigenvalue weighted by atomic mass is 35.5. The Balaban J connectivity index is 2.21. The number of aryl methyl sites for hydroxylation is 1. The van der Waals surface area contributed by atoms with E-state index in [4.69, 9.17) is 11.6 Å². The molecule has 88 valence electrons. The summed E-state index contributed by atoms with van der Waals surface area (Å²) in [7, 11) is 0. The second kappa shape index (κ2) is 5.20. The Morgan fingerprint density at radius 3 is 3.00 bits per heavy atom. The van der Waals surface area contributed by atoms with E-state index in [1.54, 1.807) is 6.07 Å². The third-order valence-corrected chi connectivity index (χ3v) is 2.84. The summed E-state index contributed by atoms with van der Waals surface area (Å²) < 4.78 is 3.66. The quantitative estimate of drug-likeness (QED) is 0.868. The molecule has 17 heavy (non-hydrogen) atoms. The molecular weight excluding hydrogens is 260 g/mol. The largest absolute Gasteiger partial charge is 0.311 e. The molecule has 0 atom stereocenters. The van der Waals surface area contributed by atoms with Crippen molar-refractivity contribution in [3.05, 3.63) is 34.7 Å². The van der Waals surface area contributed by atoms with Crippen LogP contribution in [-0.4, -0.2) is 20.5 Å². The number of rotatable bonds is 3. The van der Waals surface area contributed by atoms with Gasteiger partial charge in [0, 0.05) is 22.8 Å². The van der Waals surface area contributed by atoms with Gasteiger partial charge in [0.1, 0.15) is 10.2 Å². The van der Waals surface area contributed by atoms with Gasteiger partial charge in [-0.15, -0.1) is 5.10 Å². The predicted molar refractivity (Wildman–Crippen MR) is 66.5 cm³/mol. The van der Waals surface area contributed by atoms with Gasteiger partial charge < -0.3 is 5.32 Å². The highest BCUT2D eigenvalue weighted by molar-refractivity contribution is 7.10. The number of anilines is 1. The van der Waals surface area contributed by atoms with Crippen LogP contribution in [0.15, 0.2) is 18.3 Å². The van der Waals surface area contributed by atoms with Gasteiger partial charge in [0.25, 0.3) is 5.91 Å². The molecule has 2 rings (SSSR count). The second-order valence-corrected chi connectivity index (χ2v) is 4.43. The van der Waals surface area contributed by atoms with Crippen molar-refractivity contribution >= 4 is 34.0 Å². The molecule has 0 spiro atoms. The third-order valence-electron chi connectivity index (χ3n) is 2.07. The topological polar surface area (TPSA) is 67.8 Å². The lowest BCUT2D eigenvalue weighted by atomic mass is 10.2. The summed E-state index contributed by atoms with van der Waals surface area (Å²) in [5.74, 6) is -0.241. The number of carbonyl (C=O) groups excluding carboxylic acids is 1. The van der Waals surface area contributed by atoms with Crippen molar-refractivity contribution in [2.75, 3.05) is 5.32 Å². The summed E-state index contributed by atoms with van der Waals surface area (Å²) in [4.78, 5) is 16.0. The van der Waals surface area contributed by atoms with E-state index in [-0.39, 0.29) is 5.91 Å². The minimum absolute atomic E-state index is 0.241. The molecule has 1 amide bonds. The maximum atomic E-state index is 11.9. The first kappa shape index (κ1) is 11.9. The number of carbonyl (C=O) groups is 1. The molecule has 2 heterocycles. The van der Waals surface area contributed by atoms with E-state index in [1.807, 2.05) is 6.92 Å². The van der Waals surface area contributed by atoms with Crippen LogP contribution in [0.5, 0.6) is 0 Å². The van der Waals surface area contributed by atoms with Crippen molar-refractivity contribution < 1.29 is 4.79 Å². The van der Waals surface area contributed by atoms with Crippen molar-refractivity contribution in [2.24, 2.45) is 0 Å². The van der Waals surface area contributed by atoms with Crippen molar-refractivity contribution in [2.45, 2.75) is 13.3 Å². The first-order valence-corrected chi connectivity index (χ1v) is 6.09. The number of pyridine rings is 1. The molecule has 0 aliphatic carbocycles. The molecule has 7 heteroatoms. The normalized spacial score (nSPS) is 10.2. The van der Waals surface area contributed by atoms with Gasteiger partial charge in [-0.3, -0.25) is 4.79 Å². The molecule has 0 saturated heterocycles. The zero-order chi connectivity index (χ0) is 12.3. The van der Waals surface area contributed by atoms with Gasteiger partial charge in [0.15, 0.2) is 0 Å². The summed E-state index contributed by atoms with van der Waals surface area (Å²) in [6.45, 7) is 1.95. The Labute approximate surface area is 107 Å². The van der Waals surface area contributed by atoms with Gasteiger partial charge in [0.2, 0.25) is 0 Å². The molecule has 0 unspecified atom stereocenters. The number of nitrogens with zero attached hydrogens (tertiary/aromatic N) is 3. The SMILES string of the molecule is CCc1cc(C(=O)Nc2cnns2)cc(Cl)n1. The van der Waals surface area contributed by atoms with Gasteiger partial charge >= 0.3 is 0 Å². The lowest BCUT2D eigenvalue weighted by Crippen LogP contribution is -2.11. The van der Waals surface area contributed by atoms with E-state index in [0.29, 0.717) is 15.7 Å². The van der Waals surface area contributed by atoms with Crippen molar-refractivity contribution in [1.29, 1.82) is 0 Å². The molecule has 0 aliphatic rings. The van der Waals surface area contributed by atoms with Gasteiger partial charge in [-0.1, -0.05) is 23.0 Å². The van der Waals surface area contributed by atoms with Crippen LogP contribution in [0, 0.1) is 0 Å². The average molecular weight is 269 g/mol. The summed E-state index contributed by atoms with van der Waals surface area (Å²) in [5, 5.41) is 7.24. The highest BCUT2D eigenvalue weighted by Gasteiger charge is 2.10. The highest BCUT2D eigenvalue weighted by Crippen LogP contribution is 2.15. The van der Waals surface area contributed by atoms with E-state index in [9.17, 15) is 4.79 Å². The van der Waals surface area contributed by atoms with Crippen LogP contribution in [0.25, 0.3) is 0 Å². The Kier molecular flexibility index (Phi) is 3.65. The fraction of sp³-hybridized carbons (Fsp3) is 0.200. The van der Waals surface area contributed by atoms with E-state index in [0.717, 1.165) is 23.6 Å². The number of hydrogen-bond donors (Lipinski definition) is 1. The van der Waals surface area contributed by atoms with Crippen LogP contribution in [0.3, 0.4) is 0 Å². The molecule has 0 saturated carbocycles. The Bertz CT molecular complexity index is 529. The minimum Gasteiger partial charge on any atom is -0.311 e. The smallest absolute Gasteiger partial charge is 0.256 e. The molecule has 2 aromatic heterocycles. The number of halogens is 1. The number of aromatic nitrogens is 3. The summed E-state index contributed by atoms with van der Waals surface area (Å²) in [6.07, 6.45) is 2.22. The van der Waals surface area contributed by atoms with Crippen LogP contribution < -0.4 is 5.32 Å². The van der Waals surface area contributed by atoms with Crippen LogP contribution in [0.1, 0.15) is 23.0 Å². The molecule has 0 radical (unpaired) electrons. The lowest BCUT2D eigenvalue weighted by molar-refractivity contribution is 0.102. The molecule has 2 aromatic rings. The van der Waals surface area contributed by atoms with Gasteiger partial charge in [-0.05, 0) is 18.6 Å². The predicted octanol–water partition coefficient (Wildman–Crippen LogP) is 2.40. The van der Waals surface area contributed by atoms with Crippen molar-refractivity contribution in [3.63, 3.8) is 0 Å². The van der Waals surface area contributed by atoms with E-state index < -0.39 is 0 Å². The molecular formula is C10H9ClN4OS. The standard InChI is InChI=1S/C10H9ClN4OS/c1-2-7-3-6(4-8(11)13-7)10(16)14-9-5-12-15-17-9/h3-5H,2H2,1H3,(H,14,16). The molecule has 5 nitrogen and oxygen atoms in total. The zero-order valence-electron chi connectivity index (χ0n) is 8.98. The first-order valence-electron chi connectivity index (χ1n) is 4.94. The van der Waals surface area contributed by atoms with Crippen LogP contribution in [0.4, 0.5) is 5.00 Å². The van der Waals surface area contributed by atoms with E-state index in [1.165, 1.54) is 12.3 Å². The van der Waals surface area contributed by atoms with Gasteiger partial charge in [0.05, 0.1) is 6.20 Å². The Morgan fingerprint density at radius 2 is 2.35 bits per heavy atom. The Morgan fingerprint density at radius 1 is 1.53 bits per heavy atom. The number of nitrogens with one attached hydrogen (secondary N) is 1. The summed E-state index contributed by atoms with van der Waals surface area (Å²) >= 11 is 6.96. The molecule has 0 aromatic carbocycles. The fourth-order valence-electron chi connectivity index (χ4n) is 1.27. The third kappa shape index (κ3) is 2.98. The second-order valence-electron chi connectivity index (χ2n) is 3.26. The van der Waals surface area contributed by atoms with E-state index in [2.05, 4.69) is 19.9 Å². The first-order chi connectivity index (χ1) is 8.19. The summed E-state index contributed by atoms with van der Waals surface area (Å²) in [5.41, 5.74) is 1.26. The number of hydrogen-bond acceptors (Lipinski definition) is 5. The number of amides is 1. The minimum atomic E-state index is -0.241. The van der Waals surface area contributed by atoms with Crippen molar-refractivity contribution in [3.8, 4) is 0 Å². The average Bonchev–Trinajstić information content (AvgIpc) is 2.81. The fourth-order valence-corrected chi connectivity index (χ4v) is 1.91. The van der Waals surface area contributed by atoms with Gasteiger partial charge in [-0.25, -0.2) is 4.98 Å². The molecule has 0 fully saturated rings. The maximum Gasteiger partial charge on any atom is 0.256 e. The van der Waals surface area contributed by atoms with Crippen LogP contribution >= 0.6 is 23.1 Å². The molecule has 0 bridgehead atoms. The summed E-state index contributed by atoms with van der Waals surface area (Å²) in [6, 6.07) is 3.25. The van der Waals surface area contributed by atoms with Crippen LogP contribution in [0.2, 0.25) is 5.15 Å². The van der Waals surface area contributed by atoms with Crippen LogP contribution in [-0.2, 0) is 6.42 Å².